The van der Waals surface area contributed by atoms with Crippen LogP contribution in [0.2, 0.25) is 0 Å². The Morgan fingerprint density at radius 2 is 1.74 bits per heavy atom. The first-order chi connectivity index (χ1) is 9.28. The van der Waals surface area contributed by atoms with E-state index in [0.29, 0.717) is 17.7 Å². The Kier molecular flexibility index (Phi) is 2.01. The monoisotopic (exact) mass is 252 g/mol. The number of para-hydroxylation sites is 1. The minimum absolute atomic E-state index is 0.307. The van der Waals surface area contributed by atoms with Gasteiger partial charge >= 0.3 is 5.97 Å². The van der Waals surface area contributed by atoms with E-state index >= 15 is 0 Å². The van der Waals surface area contributed by atoms with Crippen molar-refractivity contribution >= 4 is 5.97 Å². The Balaban J connectivity index is 1.86. The molecule has 0 aromatic heterocycles. The molecule has 0 saturated heterocycles. The van der Waals surface area contributed by atoms with E-state index in [1.165, 1.54) is 5.56 Å². The molecule has 0 radical (unpaired) electrons. The summed E-state index contributed by atoms with van der Waals surface area (Å²) in [4.78, 5) is 12.2. The quantitative estimate of drug-likeness (QED) is 0.676. The molecule has 94 valence electrons. The van der Waals surface area contributed by atoms with Crippen molar-refractivity contribution in [3.05, 3.63) is 65.2 Å². The van der Waals surface area contributed by atoms with Crippen molar-refractivity contribution < 1.29 is 14.3 Å². The molecule has 2 aromatic carbocycles. The second kappa shape index (κ2) is 3.60. The Morgan fingerprint density at radius 1 is 0.947 bits per heavy atom. The van der Waals surface area contributed by atoms with Crippen molar-refractivity contribution in [1.82, 2.24) is 0 Å². The second-order valence-electron chi connectivity index (χ2n) is 4.90. The number of ether oxygens (including phenoxy) is 2. The van der Waals surface area contributed by atoms with Crippen LogP contribution in [0.25, 0.3) is 0 Å². The van der Waals surface area contributed by atoms with E-state index in [4.69, 9.17) is 9.47 Å². The predicted molar refractivity (Wildman–Crippen MR) is 68.9 cm³/mol. The van der Waals surface area contributed by atoms with Gasteiger partial charge < -0.3 is 9.47 Å². The topological polar surface area (TPSA) is 35.5 Å². The molecule has 1 aliphatic carbocycles. The summed E-state index contributed by atoms with van der Waals surface area (Å²) >= 11 is 0. The lowest BCUT2D eigenvalue weighted by molar-refractivity contribution is -0.160. The van der Waals surface area contributed by atoms with Gasteiger partial charge in [-0.3, -0.25) is 0 Å². The molecule has 19 heavy (non-hydrogen) atoms. The highest BCUT2D eigenvalue weighted by molar-refractivity contribution is 5.93. The van der Waals surface area contributed by atoms with Crippen molar-refractivity contribution in [3.63, 3.8) is 0 Å². The molecule has 2 aromatic rings. The molecule has 0 amide bonds. The fourth-order valence-corrected chi connectivity index (χ4v) is 2.88. The van der Waals surface area contributed by atoms with Crippen molar-refractivity contribution in [1.29, 1.82) is 0 Å². The summed E-state index contributed by atoms with van der Waals surface area (Å²) in [7, 11) is 0. The highest BCUT2D eigenvalue weighted by Crippen LogP contribution is 2.45. The zero-order chi connectivity index (χ0) is 12.9. The lowest BCUT2D eigenvalue weighted by atomic mass is 10.1. The third kappa shape index (κ3) is 1.41. The van der Waals surface area contributed by atoms with Crippen molar-refractivity contribution in [2.24, 2.45) is 0 Å². The van der Waals surface area contributed by atoms with Gasteiger partial charge in [0.25, 0.3) is 5.79 Å². The lowest BCUT2D eigenvalue weighted by Gasteiger charge is -2.35. The van der Waals surface area contributed by atoms with E-state index in [1.54, 1.807) is 6.07 Å². The Hall–Kier alpha value is -2.29. The highest BCUT2D eigenvalue weighted by Gasteiger charge is 2.48. The van der Waals surface area contributed by atoms with Gasteiger partial charge in [-0.1, -0.05) is 36.4 Å². The Morgan fingerprint density at radius 3 is 2.68 bits per heavy atom. The fourth-order valence-electron chi connectivity index (χ4n) is 2.88. The van der Waals surface area contributed by atoms with E-state index in [2.05, 4.69) is 6.07 Å². The van der Waals surface area contributed by atoms with Crippen LogP contribution in [-0.4, -0.2) is 5.97 Å². The number of aryl methyl sites for hydroxylation is 1. The lowest BCUT2D eigenvalue weighted by Crippen LogP contribution is -2.40. The van der Waals surface area contributed by atoms with Gasteiger partial charge in [-0.05, 0) is 24.1 Å². The molecule has 1 atom stereocenters. The predicted octanol–water partition coefficient (Wildman–Crippen LogP) is 3.04. The van der Waals surface area contributed by atoms with Gasteiger partial charge in [-0.25, -0.2) is 4.79 Å². The van der Waals surface area contributed by atoms with E-state index < -0.39 is 5.79 Å². The molecule has 0 bridgehead atoms. The summed E-state index contributed by atoms with van der Waals surface area (Å²) in [5.74, 6) is -0.629. The van der Waals surface area contributed by atoms with Crippen LogP contribution in [-0.2, 0) is 16.9 Å². The van der Waals surface area contributed by atoms with Crippen LogP contribution in [0.5, 0.6) is 5.75 Å². The first-order valence-corrected chi connectivity index (χ1v) is 6.38. The minimum atomic E-state index is -0.929. The summed E-state index contributed by atoms with van der Waals surface area (Å²) in [5.41, 5.74) is 2.66. The van der Waals surface area contributed by atoms with Crippen molar-refractivity contribution in [2.75, 3.05) is 0 Å². The summed E-state index contributed by atoms with van der Waals surface area (Å²) in [6, 6.07) is 15.2. The first kappa shape index (κ1) is 10.6. The molecule has 1 aliphatic heterocycles. The van der Waals surface area contributed by atoms with Crippen LogP contribution in [0, 0.1) is 0 Å². The summed E-state index contributed by atoms with van der Waals surface area (Å²) < 4.78 is 11.7. The molecule has 3 nitrogen and oxygen atoms in total. The molecule has 1 unspecified atom stereocenters. The molecular weight excluding hydrogens is 240 g/mol. The first-order valence-electron chi connectivity index (χ1n) is 6.38. The zero-order valence-electron chi connectivity index (χ0n) is 10.3. The SMILES string of the molecule is O=C1OC2(CCc3ccccc32)Oc2ccccc21. The fraction of sp³-hybridized carbons (Fsp3) is 0.188. The van der Waals surface area contributed by atoms with E-state index in [0.717, 1.165) is 12.0 Å². The number of rotatable bonds is 0. The van der Waals surface area contributed by atoms with E-state index in [1.807, 2.05) is 36.4 Å². The molecule has 1 heterocycles. The molecule has 0 N–H and O–H groups in total. The molecule has 1 spiro atoms. The van der Waals surface area contributed by atoms with Crippen LogP contribution >= 0.6 is 0 Å². The number of fused-ring (bicyclic) bond motifs is 3. The van der Waals surface area contributed by atoms with E-state index in [9.17, 15) is 4.79 Å². The normalized spacial score (nSPS) is 23.5. The molecule has 0 fully saturated rings. The van der Waals surface area contributed by atoms with Gasteiger partial charge in [0.1, 0.15) is 11.3 Å². The summed E-state index contributed by atoms with van der Waals surface area (Å²) in [6.45, 7) is 0. The number of hydrogen-bond acceptors (Lipinski definition) is 3. The van der Waals surface area contributed by atoms with Crippen LogP contribution in [0.15, 0.2) is 48.5 Å². The van der Waals surface area contributed by atoms with Crippen LogP contribution in [0.1, 0.15) is 27.9 Å². The largest absolute Gasteiger partial charge is 0.447 e. The summed E-state index contributed by atoms with van der Waals surface area (Å²) in [6.07, 6.45) is 1.54. The second-order valence-corrected chi connectivity index (χ2v) is 4.90. The average molecular weight is 252 g/mol. The van der Waals surface area contributed by atoms with E-state index in [-0.39, 0.29) is 5.97 Å². The van der Waals surface area contributed by atoms with Gasteiger partial charge in [0.05, 0.1) is 0 Å². The number of carbonyl (C=O) groups is 1. The molecule has 0 saturated carbocycles. The zero-order valence-corrected chi connectivity index (χ0v) is 10.3. The number of hydrogen-bond donors (Lipinski definition) is 0. The maximum absolute atomic E-state index is 12.2. The third-order valence-electron chi connectivity index (χ3n) is 3.79. The summed E-state index contributed by atoms with van der Waals surface area (Å²) in [5, 5.41) is 0. The Labute approximate surface area is 110 Å². The number of esters is 1. The Bertz CT molecular complexity index is 677. The van der Waals surface area contributed by atoms with Gasteiger partial charge in [-0.2, -0.15) is 0 Å². The van der Waals surface area contributed by atoms with Crippen molar-refractivity contribution in [2.45, 2.75) is 18.6 Å². The average Bonchev–Trinajstić information content (AvgIpc) is 2.78. The van der Waals surface area contributed by atoms with Crippen LogP contribution in [0.4, 0.5) is 0 Å². The number of benzene rings is 2. The third-order valence-corrected chi connectivity index (χ3v) is 3.79. The standard InChI is InChI=1S/C16H12O3/c17-15-12-6-2-4-8-14(12)18-16(19-15)10-9-11-5-1-3-7-13(11)16/h1-8H,9-10H2. The maximum atomic E-state index is 12.2. The van der Waals surface area contributed by atoms with Gasteiger partial charge in [-0.15, -0.1) is 0 Å². The molecule has 2 aliphatic rings. The minimum Gasteiger partial charge on any atom is -0.447 e. The van der Waals surface area contributed by atoms with Gasteiger partial charge in [0, 0.05) is 12.0 Å². The maximum Gasteiger partial charge on any atom is 0.345 e. The van der Waals surface area contributed by atoms with Gasteiger partial charge in [0.2, 0.25) is 0 Å². The highest BCUT2D eigenvalue weighted by atomic mass is 16.7. The smallest absolute Gasteiger partial charge is 0.345 e. The van der Waals surface area contributed by atoms with Crippen LogP contribution < -0.4 is 4.74 Å². The molecular formula is C16H12O3. The molecule has 4 rings (SSSR count). The number of carbonyl (C=O) groups excluding carboxylic acids is 1. The van der Waals surface area contributed by atoms with Crippen LogP contribution in [0.3, 0.4) is 0 Å². The molecule has 3 heteroatoms. The van der Waals surface area contributed by atoms with Gasteiger partial charge in [0.15, 0.2) is 0 Å². The van der Waals surface area contributed by atoms with Crippen molar-refractivity contribution in [3.8, 4) is 5.75 Å².